The second kappa shape index (κ2) is 2.60. The van der Waals surface area contributed by atoms with Crippen molar-refractivity contribution in [2.45, 2.75) is 5.67 Å². The molecule has 0 amide bonds. The molecule has 1 heterocycles. The van der Waals surface area contributed by atoms with Gasteiger partial charge in [0.05, 0.1) is 6.16 Å². The van der Waals surface area contributed by atoms with Crippen LogP contribution in [0.1, 0.15) is 0 Å². The SMILES string of the molecule is C#CC1(F)COP(=O)(OC)C1. The summed E-state index contributed by atoms with van der Waals surface area (Å²) in [6.45, 7) is -0.339. The summed E-state index contributed by atoms with van der Waals surface area (Å²) in [7, 11) is -2.00. The van der Waals surface area contributed by atoms with Crippen molar-refractivity contribution in [1.29, 1.82) is 0 Å². The molecule has 0 N–H and O–H groups in total. The van der Waals surface area contributed by atoms with Crippen molar-refractivity contribution in [3.63, 3.8) is 0 Å². The zero-order valence-electron chi connectivity index (χ0n) is 6.04. The third-order valence-corrected chi connectivity index (χ3v) is 3.44. The van der Waals surface area contributed by atoms with Crippen LogP contribution in [0.3, 0.4) is 0 Å². The monoisotopic (exact) mass is 178 g/mol. The number of rotatable bonds is 1. The molecule has 0 aliphatic carbocycles. The molecular weight excluding hydrogens is 170 g/mol. The molecule has 0 aromatic heterocycles. The van der Waals surface area contributed by atoms with Gasteiger partial charge in [-0.1, -0.05) is 5.92 Å². The van der Waals surface area contributed by atoms with Gasteiger partial charge in [-0.2, -0.15) is 0 Å². The fraction of sp³-hybridized carbons (Fsp3) is 0.667. The lowest BCUT2D eigenvalue weighted by atomic mass is 10.2. The highest BCUT2D eigenvalue weighted by Gasteiger charge is 2.47. The van der Waals surface area contributed by atoms with Crippen molar-refractivity contribution >= 4 is 7.60 Å². The summed E-state index contributed by atoms with van der Waals surface area (Å²) >= 11 is 0. The van der Waals surface area contributed by atoms with Gasteiger partial charge in [0.25, 0.3) is 0 Å². The van der Waals surface area contributed by atoms with Crippen molar-refractivity contribution in [3.8, 4) is 12.3 Å². The molecule has 62 valence electrons. The van der Waals surface area contributed by atoms with Gasteiger partial charge >= 0.3 is 7.60 Å². The van der Waals surface area contributed by atoms with Crippen LogP contribution >= 0.6 is 7.60 Å². The highest BCUT2D eigenvalue weighted by Crippen LogP contribution is 2.56. The lowest BCUT2D eigenvalue weighted by Crippen LogP contribution is -2.23. The van der Waals surface area contributed by atoms with E-state index in [-0.39, 0.29) is 12.8 Å². The van der Waals surface area contributed by atoms with E-state index in [0.717, 1.165) is 0 Å². The quantitative estimate of drug-likeness (QED) is 0.447. The van der Waals surface area contributed by atoms with Crippen LogP contribution in [0.15, 0.2) is 0 Å². The molecule has 1 aliphatic heterocycles. The summed E-state index contributed by atoms with van der Waals surface area (Å²) in [5.41, 5.74) is -1.91. The molecule has 0 radical (unpaired) electrons. The van der Waals surface area contributed by atoms with Gasteiger partial charge in [0.2, 0.25) is 5.67 Å². The summed E-state index contributed by atoms with van der Waals surface area (Å²) in [4.78, 5) is 0. The average molecular weight is 178 g/mol. The summed E-state index contributed by atoms with van der Waals surface area (Å²) in [6, 6.07) is 0. The first-order chi connectivity index (χ1) is 5.04. The third kappa shape index (κ3) is 1.62. The van der Waals surface area contributed by atoms with Crippen LogP contribution in [-0.4, -0.2) is 25.5 Å². The third-order valence-electron chi connectivity index (χ3n) is 1.47. The van der Waals surface area contributed by atoms with E-state index in [1.54, 1.807) is 0 Å². The maximum atomic E-state index is 13.1. The van der Waals surface area contributed by atoms with Crippen LogP contribution in [0, 0.1) is 12.3 Å². The molecule has 5 heteroatoms. The van der Waals surface area contributed by atoms with Crippen molar-refractivity contribution in [3.05, 3.63) is 0 Å². The lowest BCUT2D eigenvalue weighted by Gasteiger charge is -2.07. The van der Waals surface area contributed by atoms with E-state index in [9.17, 15) is 8.96 Å². The van der Waals surface area contributed by atoms with Crippen LogP contribution in [0.4, 0.5) is 4.39 Å². The van der Waals surface area contributed by atoms with Crippen LogP contribution in [0.2, 0.25) is 0 Å². The predicted molar refractivity (Wildman–Crippen MR) is 38.1 cm³/mol. The van der Waals surface area contributed by atoms with Gasteiger partial charge in [-0.15, -0.1) is 6.42 Å². The number of hydrogen-bond donors (Lipinski definition) is 0. The minimum atomic E-state index is -3.21. The Morgan fingerprint density at radius 3 is 2.82 bits per heavy atom. The largest absolute Gasteiger partial charge is 0.334 e. The molecular formula is C6H8FO3P. The van der Waals surface area contributed by atoms with Gasteiger partial charge in [0.1, 0.15) is 6.61 Å². The van der Waals surface area contributed by atoms with E-state index in [4.69, 9.17) is 6.42 Å². The molecule has 1 rings (SSSR count). The van der Waals surface area contributed by atoms with Crippen LogP contribution in [-0.2, 0) is 13.6 Å². The number of terminal acetylenes is 1. The summed E-state index contributed by atoms with van der Waals surface area (Å²) in [6.07, 6.45) is 4.52. The van der Waals surface area contributed by atoms with E-state index in [1.807, 2.05) is 5.92 Å². The standard InChI is InChI=1S/C6H8FO3P/c1-3-6(7)4-10-11(8,5-6)9-2/h1H,4-5H2,2H3. The second-order valence-corrected chi connectivity index (χ2v) is 4.50. The summed E-state index contributed by atoms with van der Waals surface area (Å²) in [5.74, 6) is 1.89. The van der Waals surface area contributed by atoms with E-state index in [2.05, 4.69) is 9.05 Å². The first-order valence-electron chi connectivity index (χ1n) is 3.00. The minimum absolute atomic E-state index is 0.339. The van der Waals surface area contributed by atoms with Crippen LogP contribution in [0.5, 0.6) is 0 Å². The second-order valence-electron chi connectivity index (χ2n) is 2.33. The highest BCUT2D eigenvalue weighted by atomic mass is 31.2. The zero-order valence-corrected chi connectivity index (χ0v) is 6.94. The number of hydrogen-bond acceptors (Lipinski definition) is 3. The molecule has 1 fully saturated rings. The Kier molecular flexibility index (Phi) is 2.06. The van der Waals surface area contributed by atoms with E-state index < -0.39 is 13.3 Å². The highest BCUT2D eigenvalue weighted by molar-refractivity contribution is 7.54. The van der Waals surface area contributed by atoms with Gasteiger partial charge in [-0.05, 0) is 0 Å². The van der Waals surface area contributed by atoms with Crippen molar-refractivity contribution in [2.24, 2.45) is 0 Å². The molecule has 0 aromatic carbocycles. The fourth-order valence-corrected chi connectivity index (χ4v) is 2.33. The average Bonchev–Trinajstić information content (AvgIpc) is 2.30. The van der Waals surface area contributed by atoms with Crippen LogP contribution < -0.4 is 0 Å². The molecule has 2 unspecified atom stereocenters. The van der Waals surface area contributed by atoms with E-state index in [0.29, 0.717) is 0 Å². The maximum absolute atomic E-state index is 13.1. The normalized spacial score (nSPS) is 43.7. The lowest BCUT2D eigenvalue weighted by molar-refractivity contribution is 0.188. The molecule has 3 nitrogen and oxygen atoms in total. The smallest absolute Gasteiger partial charge is 0.312 e. The first kappa shape index (κ1) is 8.73. The molecule has 1 aliphatic rings. The minimum Gasteiger partial charge on any atom is -0.312 e. The Hall–Kier alpha value is -0.360. The molecule has 0 saturated carbocycles. The van der Waals surface area contributed by atoms with Gasteiger partial charge in [-0.25, -0.2) is 4.39 Å². The Morgan fingerprint density at radius 1 is 1.91 bits per heavy atom. The Bertz CT molecular complexity index is 247. The predicted octanol–water partition coefficient (Wildman–Crippen LogP) is 1.20. The molecule has 0 spiro atoms. The molecule has 0 bridgehead atoms. The Balaban J connectivity index is 2.76. The van der Waals surface area contributed by atoms with Gasteiger partial charge in [-0.3, -0.25) is 4.57 Å². The molecule has 2 atom stereocenters. The summed E-state index contributed by atoms with van der Waals surface area (Å²) < 4.78 is 33.4. The number of halogens is 1. The van der Waals surface area contributed by atoms with Crippen molar-refractivity contribution < 1.29 is 18.0 Å². The van der Waals surface area contributed by atoms with Crippen molar-refractivity contribution in [1.82, 2.24) is 0 Å². The molecule has 1 saturated heterocycles. The Labute approximate surface area is 64.4 Å². The van der Waals surface area contributed by atoms with E-state index in [1.165, 1.54) is 7.11 Å². The Morgan fingerprint density at radius 2 is 2.55 bits per heavy atom. The molecule has 11 heavy (non-hydrogen) atoms. The van der Waals surface area contributed by atoms with Gasteiger partial charge in [0, 0.05) is 7.11 Å². The number of alkyl halides is 1. The van der Waals surface area contributed by atoms with Gasteiger partial charge in [0.15, 0.2) is 0 Å². The van der Waals surface area contributed by atoms with Crippen molar-refractivity contribution in [2.75, 3.05) is 19.9 Å². The first-order valence-corrected chi connectivity index (χ1v) is 4.72. The topological polar surface area (TPSA) is 35.5 Å². The van der Waals surface area contributed by atoms with E-state index >= 15 is 0 Å². The fourth-order valence-electron chi connectivity index (χ4n) is 0.803. The van der Waals surface area contributed by atoms with Gasteiger partial charge < -0.3 is 9.05 Å². The maximum Gasteiger partial charge on any atom is 0.334 e. The molecule has 0 aromatic rings. The van der Waals surface area contributed by atoms with Crippen LogP contribution in [0.25, 0.3) is 0 Å². The zero-order chi connectivity index (χ0) is 8.54. The summed E-state index contributed by atoms with van der Waals surface area (Å²) in [5, 5.41) is 0.